The molecule has 0 saturated heterocycles. The quantitative estimate of drug-likeness (QED) is 0.558. The van der Waals surface area contributed by atoms with Crippen LogP contribution in [0.15, 0.2) is 35.3 Å². The summed E-state index contributed by atoms with van der Waals surface area (Å²) in [5.41, 5.74) is 1.16. The summed E-state index contributed by atoms with van der Waals surface area (Å²) >= 11 is 0. The van der Waals surface area contributed by atoms with Gasteiger partial charge < -0.3 is 4.74 Å². The van der Waals surface area contributed by atoms with Crippen molar-refractivity contribution in [3.8, 4) is 0 Å². The number of ether oxygens (including phenoxy) is 1. The Kier molecular flexibility index (Phi) is 6.49. The van der Waals surface area contributed by atoms with Gasteiger partial charge in [-0.25, -0.2) is 9.79 Å². The molecule has 3 heteroatoms. The van der Waals surface area contributed by atoms with E-state index in [4.69, 9.17) is 4.74 Å². The number of benzene rings is 1. The topological polar surface area (TPSA) is 38.7 Å². The van der Waals surface area contributed by atoms with E-state index in [2.05, 4.69) is 17.1 Å². The molecule has 1 aliphatic carbocycles. The second kappa shape index (κ2) is 8.68. The molecule has 0 N–H and O–H groups in total. The van der Waals surface area contributed by atoms with Crippen molar-refractivity contribution in [3.63, 3.8) is 0 Å². The lowest BCUT2D eigenvalue weighted by Gasteiger charge is -2.25. The van der Waals surface area contributed by atoms with E-state index in [0.717, 1.165) is 17.9 Å². The van der Waals surface area contributed by atoms with Gasteiger partial charge in [-0.05, 0) is 17.9 Å². The molecule has 1 aromatic carbocycles. The number of hydrogen-bond acceptors (Lipinski definition) is 3. The van der Waals surface area contributed by atoms with E-state index in [1.165, 1.54) is 32.1 Å². The molecule has 0 bridgehead atoms. The summed E-state index contributed by atoms with van der Waals surface area (Å²) < 4.78 is 5.96. The molecule has 0 aliphatic heterocycles. The third-order valence-electron chi connectivity index (χ3n) is 4.01. The predicted octanol–water partition coefficient (Wildman–Crippen LogP) is 3.88. The maximum atomic E-state index is 10.3. The normalized spacial score (nSPS) is 17.4. The summed E-state index contributed by atoms with van der Waals surface area (Å²) in [5, 5.41) is 0. The van der Waals surface area contributed by atoms with Gasteiger partial charge in [0, 0.05) is 0 Å². The van der Waals surface area contributed by atoms with E-state index in [9.17, 15) is 4.79 Å². The van der Waals surface area contributed by atoms with Gasteiger partial charge in [-0.15, -0.1) is 0 Å². The molecular weight excluding hydrogens is 250 g/mol. The zero-order chi connectivity index (χ0) is 14.0. The SMILES string of the molecule is O=C=NCC(CC1CCCCC1)OCc1ccccc1. The molecule has 0 aromatic heterocycles. The standard InChI is InChI=1S/C17H23NO2/c19-14-18-12-17(11-15-7-3-1-4-8-15)20-13-16-9-5-2-6-10-16/h2,5-6,9-10,15,17H,1,3-4,7-8,11-13H2. The van der Waals surface area contributed by atoms with Crippen LogP contribution in [-0.4, -0.2) is 18.7 Å². The number of aliphatic imine (C=N–C) groups is 1. The third-order valence-corrected chi connectivity index (χ3v) is 4.01. The Bertz CT molecular complexity index is 420. The number of hydrogen-bond donors (Lipinski definition) is 0. The van der Waals surface area contributed by atoms with Gasteiger partial charge in [-0.1, -0.05) is 62.4 Å². The van der Waals surface area contributed by atoms with Gasteiger partial charge in [-0.3, -0.25) is 0 Å². The fraction of sp³-hybridized carbons (Fsp3) is 0.588. The van der Waals surface area contributed by atoms with Gasteiger partial charge in [-0.2, -0.15) is 0 Å². The Labute approximate surface area is 121 Å². The molecule has 108 valence electrons. The molecular formula is C17H23NO2. The van der Waals surface area contributed by atoms with Gasteiger partial charge in [0.1, 0.15) is 0 Å². The van der Waals surface area contributed by atoms with E-state index in [1.807, 2.05) is 18.2 Å². The minimum atomic E-state index is 0.0414. The fourth-order valence-electron chi connectivity index (χ4n) is 2.92. The van der Waals surface area contributed by atoms with Gasteiger partial charge in [0.15, 0.2) is 0 Å². The molecule has 1 atom stereocenters. The molecule has 2 rings (SSSR count). The molecule has 1 unspecified atom stereocenters. The maximum absolute atomic E-state index is 10.3. The van der Waals surface area contributed by atoms with Crippen LogP contribution in [0.1, 0.15) is 44.1 Å². The maximum Gasteiger partial charge on any atom is 0.235 e. The first kappa shape index (κ1) is 15.0. The number of carbonyl (C=O) groups excluding carboxylic acids is 1. The number of nitrogens with zero attached hydrogens (tertiary/aromatic N) is 1. The van der Waals surface area contributed by atoms with Gasteiger partial charge >= 0.3 is 0 Å². The summed E-state index contributed by atoms with van der Waals surface area (Å²) in [6.45, 7) is 1.03. The molecule has 0 amide bonds. The largest absolute Gasteiger partial charge is 0.372 e. The van der Waals surface area contributed by atoms with E-state index in [1.54, 1.807) is 6.08 Å². The van der Waals surface area contributed by atoms with Crippen molar-refractivity contribution in [3.05, 3.63) is 35.9 Å². The van der Waals surface area contributed by atoms with Crippen LogP contribution in [-0.2, 0) is 16.1 Å². The van der Waals surface area contributed by atoms with E-state index in [0.29, 0.717) is 13.2 Å². The molecule has 1 fully saturated rings. The van der Waals surface area contributed by atoms with Crippen molar-refractivity contribution >= 4 is 6.08 Å². The fourth-order valence-corrected chi connectivity index (χ4v) is 2.92. The zero-order valence-corrected chi connectivity index (χ0v) is 12.0. The Balaban J connectivity index is 1.84. The van der Waals surface area contributed by atoms with E-state index in [-0.39, 0.29) is 6.10 Å². The molecule has 1 aliphatic rings. The predicted molar refractivity (Wildman–Crippen MR) is 79.2 cm³/mol. The van der Waals surface area contributed by atoms with Crippen LogP contribution in [0.5, 0.6) is 0 Å². The van der Waals surface area contributed by atoms with Crippen molar-refractivity contribution in [1.82, 2.24) is 0 Å². The summed E-state index contributed by atoms with van der Waals surface area (Å²) in [7, 11) is 0. The Morgan fingerprint density at radius 2 is 1.95 bits per heavy atom. The second-order valence-electron chi connectivity index (χ2n) is 5.59. The minimum Gasteiger partial charge on any atom is -0.372 e. The highest BCUT2D eigenvalue weighted by atomic mass is 16.5. The Hall–Kier alpha value is -1.44. The molecule has 0 radical (unpaired) electrons. The Morgan fingerprint density at radius 3 is 2.65 bits per heavy atom. The van der Waals surface area contributed by atoms with Crippen molar-refractivity contribution in [2.24, 2.45) is 10.9 Å². The van der Waals surface area contributed by atoms with Gasteiger partial charge in [0.05, 0.1) is 19.3 Å². The lowest BCUT2D eigenvalue weighted by Crippen LogP contribution is -2.22. The second-order valence-corrected chi connectivity index (χ2v) is 5.59. The highest BCUT2D eigenvalue weighted by molar-refractivity contribution is 5.32. The van der Waals surface area contributed by atoms with Crippen LogP contribution in [0.2, 0.25) is 0 Å². The van der Waals surface area contributed by atoms with Crippen LogP contribution in [0.25, 0.3) is 0 Å². The first-order valence-electron chi connectivity index (χ1n) is 7.57. The smallest absolute Gasteiger partial charge is 0.235 e. The first-order valence-corrected chi connectivity index (χ1v) is 7.57. The van der Waals surface area contributed by atoms with E-state index < -0.39 is 0 Å². The lowest BCUT2D eigenvalue weighted by atomic mass is 9.85. The third kappa shape index (κ3) is 5.28. The summed E-state index contributed by atoms with van der Waals surface area (Å²) in [4.78, 5) is 14.0. The number of isocyanates is 1. The average molecular weight is 273 g/mol. The lowest BCUT2D eigenvalue weighted by molar-refractivity contribution is 0.0264. The molecule has 1 saturated carbocycles. The van der Waals surface area contributed by atoms with Crippen molar-refractivity contribution in [2.45, 2.75) is 51.2 Å². The minimum absolute atomic E-state index is 0.0414. The van der Waals surface area contributed by atoms with Crippen LogP contribution < -0.4 is 0 Å². The molecule has 0 spiro atoms. The summed E-state index contributed by atoms with van der Waals surface area (Å²) in [6.07, 6.45) is 9.27. The monoisotopic (exact) mass is 273 g/mol. The van der Waals surface area contributed by atoms with Crippen LogP contribution in [0, 0.1) is 5.92 Å². The zero-order valence-electron chi connectivity index (χ0n) is 12.0. The van der Waals surface area contributed by atoms with Crippen LogP contribution >= 0.6 is 0 Å². The summed E-state index contributed by atoms with van der Waals surface area (Å²) in [6, 6.07) is 10.1. The molecule has 3 nitrogen and oxygen atoms in total. The molecule has 20 heavy (non-hydrogen) atoms. The molecule has 0 heterocycles. The van der Waals surface area contributed by atoms with Crippen molar-refractivity contribution in [2.75, 3.05) is 6.54 Å². The van der Waals surface area contributed by atoms with Crippen LogP contribution in [0.3, 0.4) is 0 Å². The van der Waals surface area contributed by atoms with Crippen molar-refractivity contribution < 1.29 is 9.53 Å². The summed E-state index contributed by atoms with van der Waals surface area (Å²) in [5.74, 6) is 0.728. The highest BCUT2D eigenvalue weighted by Gasteiger charge is 2.19. The highest BCUT2D eigenvalue weighted by Crippen LogP contribution is 2.28. The molecule has 1 aromatic rings. The van der Waals surface area contributed by atoms with Gasteiger partial charge in [0.2, 0.25) is 6.08 Å². The average Bonchev–Trinajstić information content (AvgIpc) is 2.52. The van der Waals surface area contributed by atoms with Crippen molar-refractivity contribution in [1.29, 1.82) is 0 Å². The van der Waals surface area contributed by atoms with E-state index >= 15 is 0 Å². The van der Waals surface area contributed by atoms with Crippen LogP contribution in [0.4, 0.5) is 0 Å². The Morgan fingerprint density at radius 1 is 1.20 bits per heavy atom. The van der Waals surface area contributed by atoms with Gasteiger partial charge in [0.25, 0.3) is 0 Å². The number of rotatable bonds is 7. The first-order chi connectivity index (χ1) is 9.88.